The molecule has 170 valence electrons. The van der Waals surface area contributed by atoms with Crippen LogP contribution in [0.3, 0.4) is 0 Å². The molecule has 0 fully saturated rings. The second kappa shape index (κ2) is 9.02. The zero-order chi connectivity index (χ0) is 23.7. The Morgan fingerprint density at radius 2 is 1.59 bits per heavy atom. The molecule has 1 N–H and O–H groups in total. The summed E-state index contributed by atoms with van der Waals surface area (Å²) in [4.78, 5) is 26.0. The molecule has 0 saturated heterocycles. The molecule has 8 rings (SSSR count). The van der Waals surface area contributed by atoms with Crippen LogP contribution in [0.5, 0.6) is 23.0 Å². The molecule has 5 heteroatoms. The van der Waals surface area contributed by atoms with Crippen molar-refractivity contribution in [3.8, 4) is 23.0 Å². The molecule has 0 atom stereocenters. The minimum atomic E-state index is -0.262. The maximum atomic E-state index is 13.0. The lowest BCUT2D eigenvalue weighted by Gasteiger charge is -2.18. The quantitative estimate of drug-likeness (QED) is 0.502. The van der Waals surface area contributed by atoms with Gasteiger partial charge >= 0.3 is 0 Å². The Balaban J connectivity index is 1.59. The van der Waals surface area contributed by atoms with Crippen molar-refractivity contribution >= 4 is 17.1 Å². The summed E-state index contributed by atoms with van der Waals surface area (Å²) < 4.78 is 11.6. The van der Waals surface area contributed by atoms with Crippen molar-refractivity contribution in [1.82, 2.24) is 0 Å². The Bertz CT molecular complexity index is 1350. The molecule has 34 heavy (non-hydrogen) atoms. The fourth-order valence-electron chi connectivity index (χ4n) is 4.46. The third kappa shape index (κ3) is 4.25. The Hall–Kier alpha value is -4.12. The van der Waals surface area contributed by atoms with Crippen LogP contribution in [0.15, 0.2) is 78.4 Å². The van der Waals surface area contributed by atoms with E-state index in [2.05, 4.69) is 0 Å². The van der Waals surface area contributed by atoms with E-state index in [9.17, 15) is 14.7 Å². The molecule has 6 bridgehead atoms. The number of carbonyl (C=O) groups excluding carboxylic acids is 2. The summed E-state index contributed by atoms with van der Waals surface area (Å²) in [6.45, 7) is 0. The van der Waals surface area contributed by atoms with Crippen LogP contribution < -0.4 is 9.47 Å². The second-order valence-electron chi connectivity index (χ2n) is 8.50. The molecule has 0 unspecified atom stereocenters. The topological polar surface area (TPSA) is 72.8 Å². The van der Waals surface area contributed by atoms with E-state index in [0.29, 0.717) is 54.1 Å². The summed E-state index contributed by atoms with van der Waals surface area (Å²) in [5, 5.41) is 10.6. The molecule has 1 aliphatic carbocycles. The van der Waals surface area contributed by atoms with E-state index in [1.165, 1.54) is 12.2 Å². The smallest absolute Gasteiger partial charge is 0.187 e. The average Bonchev–Trinajstić information content (AvgIpc) is 2.84. The molecule has 0 aromatic heterocycles. The lowest BCUT2D eigenvalue weighted by Crippen LogP contribution is -2.14. The molecular weight excluding hydrogens is 428 g/mol. The molecule has 0 saturated carbocycles. The molecule has 5 aliphatic rings. The van der Waals surface area contributed by atoms with Crippen LogP contribution in [0.25, 0.3) is 5.57 Å². The maximum absolute atomic E-state index is 13.0. The third-order valence-corrected chi connectivity index (χ3v) is 6.31. The summed E-state index contributed by atoms with van der Waals surface area (Å²) >= 11 is 0. The summed E-state index contributed by atoms with van der Waals surface area (Å²) in [5.74, 6) is 1.46. The highest BCUT2D eigenvalue weighted by atomic mass is 16.5. The van der Waals surface area contributed by atoms with Crippen LogP contribution in [0.4, 0.5) is 0 Å². The van der Waals surface area contributed by atoms with E-state index in [-0.39, 0.29) is 22.9 Å². The van der Waals surface area contributed by atoms with E-state index in [0.717, 1.165) is 16.7 Å². The van der Waals surface area contributed by atoms with Gasteiger partial charge in [0, 0.05) is 16.7 Å². The minimum absolute atomic E-state index is 0.00524. The van der Waals surface area contributed by atoms with Crippen LogP contribution in [0.2, 0.25) is 0 Å². The van der Waals surface area contributed by atoms with Gasteiger partial charge in [-0.05, 0) is 84.9 Å². The Morgan fingerprint density at radius 3 is 2.38 bits per heavy atom. The van der Waals surface area contributed by atoms with E-state index in [1.54, 1.807) is 19.2 Å². The van der Waals surface area contributed by atoms with Crippen LogP contribution in [-0.2, 0) is 28.9 Å². The van der Waals surface area contributed by atoms with E-state index in [4.69, 9.17) is 9.47 Å². The highest BCUT2D eigenvalue weighted by molar-refractivity contribution is 6.35. The summed E-state index contributed by atoms with van der Waals surface area (Å²) in [5.41, 5.74) is 4.03. The number of benzene rings is 3. The number of phenolic OH excluding ortho intramolecular Hbond substituents is 1. The van der Waals surface area contributed by atoms with Gasteiger partial charge < -0.3 is 14.6 Å². The fourth-order valence-corrected chi connectivity index (χ4v) is 4.46. The zero-order valence-electron chi connectivity index (χ0n) is 18.8. The van der Waals surface area contributed by atoms with Crippen molar-refractivity contribution in [2.24, 2.45) is 0 Å². The maximum Gasteiger partial charge on any atom is 0.187 e. The molecule has 3 aromatic carbocycles. The zero-order valence-corrected chi connectivity index (χ0v) is 18.8. The standard InChI is InChI=1S/C29H24O5/c1-33-27-14-9-19-6-11-21-16-26(32)23(17-25(21)31)29-20(3-2-4-24(29)30)10-5-18-7-12-22(13-8-18)34-28(27)15-19/h2-4,7-9,12-17,30H,5-6,10-11H2,1H3. The molecule has 4 aliphatic heterocycles. The summed E-state index contributed by atoms with van der Waals surface area (Å²) in [7, 11) is 1.60. The lowest BCUT2D eigenvalue weighted by atomic mass is 9.86. The van der Waals surface area contributed by atoms with Crippen LogP contribution in [0, 0.1) is 0 Å². The summed E-state index contributed by atoms with van der Waals surface area (Å²) in [6, 6.07) is 18.7. The molecule has 0 amide bonds. The molecular formula is C29H24O5. The van der Waals surface area contributed by atoms with Crippen molar-refractivity contribution in [3.05, 3.63) is 101 Å². The summed E-state index contributed by atoms with van der Waals surface area (Å²) in [6.07, 6.45) is 5.07. The van der Waals surface area contributed by atoms with E-state index in [1.807, 2.05) is 48.5 Å². The van der Waals surface area contributed by atoms with Gasteiger partial charge in [0.15, 0.2) is 23.1 Å². The van der Waals surface area contributed by atoms with Crippen molar-refractivity contribution in [1.29, 1.82) is 0 Å². The average molecular weight is 453 g/mol. The van der Waals surface area contributed by atoms with Crippen LogP contribution in [0.1, 0.15) is 28.7 Å². The third-order valence-electron chi connectivity index (χ3n) is 6.31. The van der Waals surface area contributed by atoms with Crippen molar-refractivity contribution < 1.29 is 24.2 Å². The first-order valence-electron chi connectivity index (χ1n) is 11.3. The largest absolute Gasteiger partial charge is 0.507 e. The number of allylic oxidation sites excluding steroid dienone is 4. The predicted octanol–water partition coefficient (Wildman–Crippen LogP) is 5.39. The van der Waals surface area contributed by atoms with Gasteiger partial charge in [0.05, 0.1) is 7.11 Å². The first-order chi connectivity index (χ1) is 16.5. The molecule has 0 radical (unpaired) electrons. The monoisotopic (exact) mass is 452 g/mol. The number of ether oxygens (including phenoxy) is 2. The number of ketones is 2. The number of methoxy groups -OCH3 is 1. The SMILES string of the molecule is COc1ccc2cc1Oc1ccc(cc1)CCc1cccc(O)c1C1=CC(=O)C(=CC1=O)CC2. The van der Waals surface area contributed by atoms with Gasteiger partial charge in [-0.15, -0.1) is 0 Å². The molecule has 0 spiro atoms. The van der Waals surface area contributed by atoms with Crippen molar-refractivity contribution in [2.45, 2.75) is 25.7 Å². The van der Waals surface area contributed by atoms with Crippen molar-refractivity contribution in [2.75, 3.05) is 7.11 Å². The number of aryl methyl sites for hydroxylation is 3. The number of hydrogen-bond acceptors (Lipinski definition) is 5. The normalized spacial score (nSPS) is 15.6. The second-order valence-corrected chi connectivity index (χ2v) is 8.50. The number of rotatable bonds is 1. The highest BCUT2D eigenvalue weighted by Crippen LogP contribution is 2.36. The fraction of sp³-hybridized carbons (Fsp3) is 0.172. The minimum Gasteiger partial charge on any atom is -0.507 e. The van der Waals surface area contributed by atoms with Gasteiger partial charge in [-0.2, -0.15) is 0 Å². The van der Waals surface area contributed by atoms with Gasteiger partial charge in [-0.3, -0.25) is 9.59 Å². The highest BCUT2D eigenvalue weighted by Gasteiger charge is 2.25. The first kappa shape index (κ1) is 21.7. The number of hydrogen-bond donors (Lipinski definition) is 1. The number of aromatic hydroxyl groups is 1. The van der Waals surface area contributed by atoms with Crippen LogP contribution in [-0.4, -0.2) is 23.8 Å². The Labute approximate surface area is 198 Å². The van der Waals surface area contributed by atoms with Crippen LogP contribution >= 0.6 is 0 Å². The molecule has 3 aromatic rings. The number of phenols is 1. The lowest BCUT2D eigenvalue weighted by molar-refractivity contribution is -0.114. The van der Waals surface area contributed by atoms with Gasteiger partial charge in [0.1, 0.15) is 11.5 Å². The van der Waals surface area contributed by atoms with E-state index < -0.39 is 0 Å². The van der Waals surface area contributed by atoms with Gasteiger partial charge in [0.2, 0.25) is 0 Å². The molecule has 5 nitrogen and oxygen atoms in total. The van der Waals surface area contributed by atoms with Gasteiger partial charge in [-0.1, -0.05) is 30.3 Å². The van der Waals surface area contributed by atoms with Gasteiger partial charge in [0.25, 0.3) is 0 Å². The predicted molar refractivity (Wildman–Crippen MR) is 129 cm³/mol. The van der Waals surface area contributed by atoms with Gasteiger partial charge in [-0.25, -0.2) is 0 Å². The number of carbonyl (C=O) groups is 2. The molecule has 4 heterocycles. The van der Waals surface area contributed by atoms with E-state index >= 15 is 0 Å². The van der Waals surface area contributed by atoms with Crippen molar-refractivity contribution in [3.63, 3.8) is 0 Å². The Morgan fingerprint density at radius 1 is 0.824 bits per heavy atom. The Kier molecular flexibility index (Phi) is 5.76. The first-order valence-corrected chi connectivity index (χ1v) is 11.3.